The Bertz CT molecular complexity index is 2260. The maximum Gasteiger partial charge on any atom is 0.395 e. The Morgan fingerprint density at radius 3 is 0.716 bits per heavy atom. The maximum absolute atomic E-state index is 13.0. The lowest BCUT2D eigenvalue weighted by Gasteiger charge is -2.25. The number of nitrogens with zero attached hydrogens (tertiary/aromatic N) is 2. The fourth-order valence-corrected chi connectivity index (χ4v) is 6.80. The zero-order valence-corrected chi connectivity index (χ0v) is 50.8. The van der Waals surface area contributed by atoms with E-state index in [1.807, 2.05) is 12.1 Å². The van der Waals surface area contributed by atoms with Gasteiger partial charge in [-0.3, -0.25) is 0 Å². The van der Waals surface area contributed by atoms with Crippen LogP contribution >= 0.6 is 0 Å². The number of ether oxygens (including phenoxy) is 8. The van der Waals surface area contributed by atoms with Crippen LogP contribution in [0.15, 0.2) is 44.6 Å². The first-order chi connectivity index (χ1) is 40.9. The summed E-state index contributed by atoms with van der Waals surface area (Å²) < 4.78 is 190. The number of alkyl halides is 12. The Kier molecular flexibility index (Phi) is 46.5. The fraction of sp³-hybridized carbons (Fsp3) is 0.679. The number of halogens is 12. The summed E-state index contributed by atoms with van der Waals surface area (Å²) in [5.41, 5.74) is 7.66. The molecule has 0 aromatic rings. The molecule has 0 radical (unpaired) electrons. The van der Waals surface area contributed by atoms with Gasteiger partial charge in [-0.25, -0.2) is 38.4 Å². The van der Waals surface area contributed by atoms with Crippen molar-refractivity contribution in [3.63, 3.8) is 0 Å². The first-order valence-electron chi connectivity index (χ1n) is 27.6. The van der Waals surface area contributed by atoms with Gasteiger partial charge in [0.1, 0.15) is 0 Å². The highest BCUT2D eigenvalue weighted by Gasteiger charge is 2.49. The zero-order valence-electron chi connectivity index (χ0n) is 50.8. The molecule has 2 atom stereocenters. The molecule has 20 nitrogen and oxygen atoms in total. The number of carbonyl (C=O) groups excluding carboxylic acids is 8. The van der Waals surface area contributed by atoms with Crippen LogP contribution in [0.2, 0.25) is 0 Å². The van der Waals surface area contributed by atoms with Crippen molar-refractivity contribution < 1.29 is 129 Å². The topological polar surface area (TPSA) is 310 Å². The van der Waals surface area contributed by atoms with Gasteiger partial charge in [0.05, 0.1) is 88.0 Å². The van der Waals surface area contributed by atoms with E-state index in [1.165, 1.54) is 27.7 Å². The van der Waals surface area contributed by atoms with Crippen molar-refractivity contribution in [2.75, 3.05) is 65.9 Å². The van der Waals surface area contributed by atoms with Crippen LogP contribution in [0.25, 0.3) is 0 Å². The molecule has 0 aliphatic rings. The van der Waals surface area contributed by atoms with Gasteiger partial charge in [0.15, 0.2) is 0 Å². The summed E-state index contributed by atoms with van der Waals surface area (Å²) in [6.07, 6.45) is -21.9. The largest absolute Gasteiger partial charge is 0.463 e. The van der Waals surface area contributed by atoms with Crippen molar-refractivity contribution in [3.05, 3.63) is 44.6 Å². The number of nitriles is 2. The van der Waals surface area contributed by atoms with Crippen LogP contribution in [0.1, 0.15) is 146 Å². The SMILES string of the molecule is CCOC(=O)/C(=C(\C(=O)OCC)C(C)C(F)(F)F)C(C)C(F)(F)F.CCOC(=O)/C(CCC#N)=C(/CCC#N)C(=O)OCC.CCOC(=O)/C(CCC(F)(F)F)=C(/CCC(F)(F)F)C(=O)OCC.CCOC(=O)/C(CCCN)=C(/CCCN)C(=O)OCC. The fourth-order valence-electron chi connectivity index (χ4n) is 6.80. The molecule has 0 aliphatic carbocycles. The van der Waals surface area contributed by atoms with E-state index in [-0.39, 0.29) is 89.7 Å². The lowest BCUT2D eigenvalue weighted by atomic mass is 9.88. The minimum atomic E-state index is -5.05. The third kappa shape index (κ3) is 37.5. The van der Waals surface area contributed by atoms with E-state index in [0.717, 1.165) is 0 Å². The standard InChI is InChI=1S/2C14H18F6O4.C14H26N2O4.C14H18N2O4/c1-5-23-11(21)9(7(3)13(15,16)17)10(12(22)24-6-2)8(4)14(18,19)20;1-3-23-11(21)9(5-7-13(15,16)17)10(12(22)24-4-2)6-8-14(18,19)20;2*1-3-19-13(17)11(7-5-9-15)12(8-6-10-16)14(18)20-4-2/h7-8H,5-6H2,1-4H3;3-8H2,1-2H3;3-10,15-16H2,1-2H3;3-8H2,1-2H3/b2*10-9-;2*12-11-. The van der Waals surface area contributed by atoms with E-state index in [2.05, 4.69) is 18.9 Å². The van der Waals surface area contributed by atoms with E-state index in [4.69, 9.17) is 40.9 Å². The molecule has 504 valence electrons. The van der Waals surface area contributed by atoms with Gasteiger partial charge in [0.25, 0.3) is 0 Å². The Hall–Kier alpha value is -7.22. The summed E-state index contributed by atoms with van der Waals surface area (Å²) in [7, 11) is 0. The number of carbonyl (C=O) groups is 8. The van der Waals surface area contributed by atoms with Crippen molar-refractivity contribution in [1.82, 2.24) is 0 Å². The van der Waals surface area contributed by atoms with Crippen molar-refractivity contribution in [3.8, 4) is 12.1 Å². The highest BCUT2D eigenvalue weighted by molar-refractivity contribution is 6.03. The predicted octanol–water partition coefficient (Wildman–Crippen LogP) is 10.8. The van der Waals surface area contributed by atoms with Crippen LogP contribution in [0.3, 0.4) is 0 Å². The quantitative estimate of drug-likeness (QED) is 0.0274. The predicted molar refractivity (Wildman–Crippen MR) is 288 cm³/mol. The van der Waals surface area contributed by atoms with Crippen LogP contribution in [0, 0.1) is 34.5 Å². The molecule has 88 heavy (non-hydrogen) atoms. The third-order valence-corrected chi connectivity index (χ3v) is 10.9. The van der Waals surface area contributed by atoms with E-state index < -0.39 is 132 Å². The summed E-state index contributed by atoms with van der Waals surface area (Å²) in [5, 5.41) is 17.3. The molecule has 0 aromatic heterocycles. The minimum absolute atomic E-state index is 0.0869. The normalized spacial score (nSPS) is 13.2. The number of nitrogens with two attached hydrogens (primary N) is 2. The van der Waals surface area contributed by atoms with Gasteiger partial charge in [0.2, 0.25) is 0 Å². The molecule has 0 spiro atoms. The van der Waals surface area contributed by atoms with Gasteiger partial charge in [-0.2, -0.15) is 63.2 Å². The average molecular weight is 1290 g/mol. The number of rotatable bonds is 32. The molecule has 0 rings (SSSR count). The summed E-state index contributed by atoms with van der Waals surface area (Å²) in [5.74, 6) is -13.3. The Morgan fingerprint density at radius 1 is 0.352 bits per heavy atom. The molecule has 0 saturated carbocycles. The Labute approximate surface area is 503 Å². The van der Waals surface area contributed by atoms with E-state index in [9.17, 15) is 91.0 Å². The number of hydrogen-bond donors (Lipinski definition) is 2. The van der Waals surface area contributed by atoms with Crippen molar-refractivity contribution in [2.45, 2.75) is 171 Å². The zero-order chi connectivity index (χ0) is 69.0. The molecule has 0 heterocycles. The lowest BCUT2D eigenvalue weighted by molar-refractivity contribution is -0.174. The summed E-state index contributed by atoms with van der Waals surface area (Å²) in [4.78, 5) is 95.1. The second kappa shape index (κ2) is 46.9. The van der Waals surface area contributed by atoms with Crippen LogP contribution in [-0.2, 0) is 76.3 Å². The molecule has 0 aliphatic heterocycles. The van der Waals surface area contributed by atoms with Gasteiger partial charge in [-0.05, 0) is 134 Å². The van der Waals surface area contributed by atoms with Crippen LogP contribution < -0.4 is 11.5 Å². The van der Waals surface area contributed by atoms with Crippen LogP contribution in [0.5, 0.6) is 0 Å². The average Bonchev–Trinajstić information content (AvgIpc) is 1.94. The highest BCUT2D eigenvalue weighted by Crippen LogP contribution is 2.40. The summed E-state index contributed by atoms with van der Waals surface area (Å²) in [6, 6.07) is 3.84. The Morgan fingerprint density at radius 2 is 0.545 bits per heavy atom. The van der Waals surface area contributed by atoms with Gasteiger partial charge in [-0.1, -0.05) is 0 Å². The first-order valence-corrected chi connectivity index (χ1v) is 27.6. The van der Waals surface area contributed by atoms with Crippen molar-refractivity contribution in [2.24, 2.45) is 23.3 Å². The molecular formula is C56H80F12N4O16. The molecule has 2 unspecified atom stereocenters. The van der Waals surface area contributed by atoms with E-state index in [1.54, 1.807) is 27.7 Å². The molecule has 0 fully saturated rings. The Balaban J connectivity index is -0.000000537. The van der Waals surface area contributed by atoms with E-state index >= 15 is 0 Å². The number of esters is 8. The van der Waals surface area contributed by atoms with Gasteiger partial charge >= 0.3 is 72.5 Å². The lowest BCUT2D eigenvalue weighted by Crippen LogP contribution is -2.35. The molecule has 4 N–H and O–H groups in total. The smallest absolute Gasteiger partial charge is 0.395 e. The van der Waals surface area contributed by atoms with Gasteiger partial charge in [-0.15, -0.1) is 0 Å². The summed E-state index contributed by atoms with van der Waals surface area (Å²) in [6.45, 7) is 13.6. The molecule has 0 aromatic carbocycles. The second-order valence-corrected chi connectivity index (χ2v) is 17.3. The van der Waals surface area contributed by atoms with Gasteiger partial charge in [0, 0.05) is 59.1 Å². The maximum atomic E-state index is 13.0. The first kappa shape index (κ1) is 87.2. The molecule has 0 bridgehead atoms. The highest BCUT2D eigenvalue weighted by atomic mass is 19.4. The molecule has 0 saturated heterocycles. The molecular weight excluding hydrogens is 1210 g/mol. The van der Waals surface area contributed by atoms with E-state index in [0.29, 0.717) is 63.8 Å². The minimum Gasteiger partial charge on any atom is -0.463 e. The van der Waals surface area contributed by atoms with Crippen LogP contribution in [-0.4, -0.2) is 138 Å². The molecule has 0 amide bonds. The van der Waals surface area contributed by atoms with Gasteiger partial charge < -0.3 is 49.4 Å². The second-order valence-electron chi connectivity index (χ2n) is 17.3. The monoisotopic (exact) mass is 1290 g/mol. The summed E-state index contributed by atoms with van der Waals surface area (Å²) >= 11 is 0. The van der Waals surface area contributed by atoms with Crippen LogP contribution in [0.4, 0.5) is 52.7 Å². The third-order valence-electron chi connectivity index (χ3n) is 10.9. The van der Waals surface area contributed by atoms with Crippen molar-refractivity contribution in [1.29, 1.82) is 10.5 Å². The number of hydrogen-bond acceptors (Lipinski definition) is 20. The molecule has 32 heteroatoms. The van der Waals surface area contributed by atoms with Crippen molar-refractivity contribution >= 4 is 47.8 Å².